The summed E-state index contributed by atoms with van der Waals surface area (Å²) in [5.74, 6) is 1.02. The molecule has 0 aromatic heterocycles. The highest BCUT2D eigenvalue weighted by Gasteiger charge is 2.44. The van der Waals surface area contributed by atoms with Crippen molar-refractivity contribution in [2.24, 2.45) is 11.1 Å². The van der Waals surface area contributed by atoms with Crippen molar-refractivity contribution in [3.63, 3.8) is 0 Å². The Balaban J connectivity index is 2.19. The van der Waals surface area contributed by atoms with Gasteiger partial charge in [0.25, 0.3) is 0 Å². The van der Waals surface area contributed by atoms with E-state index in [9.17, 15) is 4.79 Å². The summed E-state index contributed by atoms with van der Waals surface area (Å²) in [6, 6.07) is 4.89. The topological polar surface area (TPSA) is 82.8 Å². The average molecular weight is 280 g/mol. The van der Waals surface area contributed by atoms with Gasteiger partial charge in [0.15, 0.2) is 0 Å². The number of benzene rings is 1. The molecular weight excluding hydrogens is 260 g/mol. The van der Waals surface area contributed by atoms with Gasteiger partial charge in [0, 0.05) is 12.1 Å². The monoisotopic (exact) mass is 280 g/mol. The van der Waals surface area contributed by atoms with Crippen molar-refractivity contribution >= 4 is 11.6 Å². The maximum Gasteiger partial charge on any atom is 0.234 e. The molecular formula is C14H20N2O4. The van der Waals surface area contributed by atoms with Crippen LogP contribution in [0.5, 0.6) is 11.5 Å². The minimum absolute atomic E-state index is 0.175. The van der Waals surface area contributed by atoms with Gasteiger partial charge in [-0.3, -0.25) is 4.79 Å². The summed E-state index contributed by atoms with van der Waals surface area (Å²) in [6.45, 7) is 2.51. The third kappa shape index (κ3) is 2.57. The molecule has 2 rings (SSSR count). The van der Waals surface area contributed by atoms with Crippen molar-refractivity contribution < 1.29 is 19.0 Å². The second-order valence-electron chi connectivity index (χ2n) is 5.06. The smallest absolute Gasteiger partial charge is 0.234 e. The third-order valence-electron chi connectivity index (χ3n) is 3.69. The molecule has 1 heterocycles. The van der Waals surface area contributed by atoms with E-state index in [0.29, 0.717) is 30.4 Å². The first-order valence-electron chi connectivity index (χ1n) is 6.38. The third-order valence-corrected chi connectivity index (χ3v) is 3.69. The molecule has 0 bridgehead atoms. The summed E-state index contributed by atoms with van der Waals surface area (Å²) in [7, 11) is 3.11. The molecule has 2 unspecified atom stereocenters. The summed E-state index contributed by atoms with van der Waals surface area (Å²) in [4.78, 5) is 12.4. The van der Waals surface area contributed by atoms with Gasteiger partial charge in [-0.25, -0.2) is 0 Å². The Labute approximate surface area is 118 Å². The fraction of sp³-hybridized carbons (Fsp3) is 0.500. The molecule has 1 aliphatic rings. The van der Waals surface area contributed by atoms with Gasteiger partial charge >= 0.3 is 0 Å². The van der Waals surface area contributed by atoms with E-state index < -0.39 is 5.41 Å². The number of hydrogen-bond donors (Lipinski definition) is 2. The molecule has 2 atom stereocenters. The molecule has 0 saturated carbocycles. The predicted octanol–water partition coefficient (Wildman–Crippen LogP) is 1.01. The fourth-order valence-electron chi connectivity index (χ4n) is 2.09. The van der Waals surface area contributed by atoms with Crippen LogP contribution in [0.2, 0.25) is 0 Å². The summed E-state index contributed by atoms with van der Waals surface area (Å²) in [5, 5.41) is 2.85. The zero-order chi connectivity index (χ0) is 14.8. The van der Waals surface area contributed by atoms with Gasteiger partial charge in [-0.1, -0.05) is 0 Å². The minimum Gasteiger partial charge on any atom is -0.497 e. The maximum absolute atomic E-state index is 12.4. The number of carbonyl (C=O) groups is 1. The Morgan fingerprint density at radius 2 is 2.20 bits per heavy atom. The van der Waals surface area contributed by atoms with Gasteiger partial charge in [0.1, 0.15) is 11.5 Å². The SMILES string of the molecule is COc1ccc(NC(=O)C2(C)COCC2N)c(OC)c1. The van der Waals surface area contributed by atoms with Crippen LogP contribution in [0.1, 0.15) is 6.92 Å². The molecule has 6 heteroatoms. The zero-order valence-electron chi connectivity index (χ0n) is 11.9. The first-order valence-corrected chi connectivity index (χ1v) is 6.38. The maximum atomic E-state index is 12.4. The van der Waals surface area contributed by atoms with Crippen LogP contribution >= 0.6 is 0 Å². The normalized spacial score (nSPS) is 25.3. The van der Waals surface area contributed by atoms with Crippen LogP contribution in [0.15, 0.2) is 18.2 Å². The van der Waals surface area contributed by atoms with E-state index >= 15 is 0 Å². The van der Waals surface area contributed by atoms with Gasteiger partial charge in [0.05, 0.1) is 38.5 Å². The molecule has 3 N–H and O–H groups in total. The van der Waals surface area contributed by atoms with Crippen molar-refractivity contribution in [1.29, 1.82) is 0 Å². The van der Waals surface area contributed by atoms with Gasteiger partial charge in [-0.2, -0.15) is 0 Å². The van der Waals surface area contributed by atoms with E-state index in [4.69, 9.17) is 19.9 Å². The van der Waals surface area contributed by atoms with E-state index in [1.54, 1.807) is 32.2 Å². The molecule has 20 heavy (non-hydrogen) atoms. The predicted molar refractivity (Wildman–Crippen MR) is 75.1 cm³/mol. The van der Waals surface area contributed by atoms with E-state index in [1.165, 1.54) is 7.11 Å². The molecule has 0 aliphatic carbocycles. The average Bonchev–Trinajstić information content (AvgIpc) is 2.80. The van der Waals surface area contributed by atoms with Crippen LogP contribution in [0.4, 0.5) is 5.69 Å². The highest BCUT2D eigenvalue weighted by Crippen LogP contribution is 2.33. The molecule has 1 amide bonds. The molecule has 1 aliphatic heterocycles. The summed E-state index contributed by atoms with van der Waals surface area (Å²) in [5.41, 5.74) is 5.80. The van der Waals surface area contributed by atoms with E-state index in [0.717, 1.165) is 0 Å². The van der Waals surface area contributed by atoms with Crippen molar-refractivity contribution in [2.75, 3.05) is 32.8 Å². The number of methoxy groups -OCH3 is 2. The highest BCUT2D eigenvalue weighted by molar-refractivity contribution is 5.97. The van der Waals surface area contributed by atoms with Gasteiger partial charge in [-0.15, -0.1) is 0 Å². The quantitative estimate of drug-likeness (QED) is 0.860. The van der Waals surface area contributed by atoms with Gasteiger partial charge in [0.2, 0.25) is 5.91 Å². The Morgan fingerprint density at radius 3 is 2.75 bits per heavy atom. The van der Waals surface area contributed by atoms with Crippen LogP contribution in [0.25, 0.3) is 0 Å². The Kier molecular flexibility index (Phi) is 4.15. The lowest BCUT2D eigenvalue weighted by Gasteiger charge is -2.25. The lowest BCUT2D eigenvalue weighted by molar-refractivity contribution is -0.125. The first-order chi connectivity index (χ1) is 9.51. The molecule has 1 fully saturated rings. The first kappa shape index (κ1) is 14.6. The van der Waals surface area contributed by atoms with Crippen LogP contribution in [0, 0.1) is 5.41 Å². The molecule has 1 saturated heterocycles. The highest BCUT2D eigenvalue weighted by atomic mass is 16.5. The zero-order valence-corrected chi connectivity index (χ0v) is 11.9. The minimum atomic E-state index is -0.731. The summed E-state index contributed by atoms with van der Waals surface area (Å²) in [6.07, 6.45) is 0. The Hall–Kier alpha value is -1.79. The summed E-state index contributed by atoms with van der Waals surface area (Å²) >= 11 is 0. The van der Waals surface area contributed by atoms with Gasteiger partial charge in [-0.05, 0) is 19.1 Å². The van der Waals surface area contributed by atoms with E-state index in [1.807, 2.05) is 0 Å². The van der Waals surface area contributed by atoms with Crippen LogP contribution in [-0.2, 0) is 9.53 Å². The van der Waals surface area contributed by atoms with Crippen LogP contribution in [-0.4, -0.2) is 39.4 Å². The van der Waals surface area contributed by atoms with Crippen molar-refractivity contribution in [2.45, 2.75) is 13.0 Å². The number of hydrogen-bond acceptors (Lipinski definition) is 5. The number of rotatable bonds is 4. The number of ether oxygens (including phenoxy) is 3. The largest absolute Gasteiger partial charge is 0.497 e. The second kappa shape index (κ2) is 5.68. The molecule has 1 aromatic carbocycles. The molecule has 0 spiro atoms. The van der Waals surface area contributed by atoms with Crippen LogP contribution < -0.4 is 20.5 Å². The lowest BCUT2D eigenvalue weighted by Crippen LogP contribution is -2.47. The van der Waals surface area contributed by atoms with E-state index in [2.05, 4.69) is 5.32 Å². The number of carbonyl (C=O) groups excluding carboxylic acids is 1. The number of anilines is 1. The molecule has 1 aromatic rings. The van der Waals surface area contributed by atoms with Crippen molar-refractivity contribution in [3.8, 4) is 11.5 Å². The Bertz CT molecular complexity index is 506. The number of nitrogens with one attached hydrogen (secondary N) is 1. The van der Waals surface area contributed by atoms with E-state index in [-0.39, 0.29) is 11.9 Å². The summed E-state index contributed by atoms with van der Waals surface area (Å²) < 4.78 is 15.7. The Morgan fingerprint density at radius 1 is 1.45 bits per heavy atom. The molecule has 0 radical (unpaired) electrons. The van der Waals surface area contributed by atoms with Crippen molar-refractivity contribution in [3.05, 3.63) is 18.2 Å². The second-order valence-corrected chi connectivity index (χ2v) is 5.06. The number of nitrogens with two attached hydrogens (primary N) is 1. The standard InChI is InChI=1S/C14H20N2O4/c1-14(8-20-7-12(14)15)13(17)16-10-5-4-9(18-2)6-11(10)19-3/h4-6,12H,7-8,15H2,1-3H3,(H,16,17). The lowest BCUT2D eigenvalue weighted by atomic mass is 9.85. The van der Waals surface area contributed by atoms with Gasteiger partial charge < -0.3 is 25.3 Å². The fourth-order valence-corrected chi connectivity index (χ4v) is 2.09. The van der Waals surface area contributed by atoms with Crippen molar-refractivity contribution in [1.82, 2.24) is 0 Å². The molecule has 6 nitrogen and oxygen atoms in total. The number of amides is 1. The van der Waals surface area contributed by atoms with Crippen LogP contribution in [0.3, 0.4) is 0 Å². The molecule has 110 valence electrons.